The van der Waals surface area contributed by atoms with Gasteiger partial charge in [-0.3, -0.25) is 0 Å². The molecule has 0 bridgehead atoms. The number of piperazine rings is 1. The van der Waals surface area contributed by atoms with E-state index in [1.165, 1.54) is 5.56 Å². The molecule has 1 aliphatic heterocycles. The number of anilines is 2. The maximum absolute atomic E-state index is 12.8. The van der Waals surface area contributed by atoms with Crippen LogP contribution in [0.5, 0.6) is 5.88 Å². The van der Waals surface area contributed by atoms with Crippen molar-refractivity contribution in [2.24, 2.45) is 0 Å². The predicted molar refractivity (Wildman–Crippen MR) is 114 cm³/mol. The van der Waals surface area contributed by atoms with Crippen LogP contribution in [-0.2, 0) is 6.42 Å². The summed E-state index contributed by atoms with van der Waals surface area (Å²) in [7, 11) is 1.56. The van der Waals surface area contributed by atoms with Crippen molar-refractivity contribution >= 4 is 29.0 Å². The summed E-state index contributed by atoms with van der Waals surface area (Å²) in [5.41, 5.74) is 4.94. The monoisotopic (exact) mass is 402 g/mol. The molecule has 0 radical (unpaired) electrons. The molecule has 1 fully saturated rings. The van der Waals surface area contributed by atoms with E-state index in [2.05, 4.69) is 29.0 Å². The number of nitrogens with zero attached hydrogens (tertiary/aromatic N) is 3. The molecule has 1 saturated heterocycles. The molecule has 3 rings (SSSR count). The molecule has 0 unspecified atom stereocenters. The molecule has 1 aromatic heterocycles. The zero-order chi connectivity index (χ0) is 20.3. The first-order valence-corrected chi connectivity index (χ1v) is 9.92. The van der Waals surface area contributed by atoms with E-state index in [-0.39, 0.29) is 6.03 Å². The molecule has 1 aliphatic rings. The minimum Gasteiger partial charge on any atom is -0.480 e. The molecule has 0 aliphatic carbocycles. The Morgan fingerprint density at radius 2 is 1.93 bits per heavy atom. The van der Waals surface area contributed by atoms with Gasteiger partial charge in [0.15, 0.2) is 0 Å². The normalized spacial score (nSPS) is 14.2. The number of pyridine rings is 1. The fourth-order valence-corrected chi connectivity index (χ4v) is 3.66. The molecule has 2 aromatic rings. The van der Waals surface area contributed by atoms with Gasteiger partial charge in [0.25, 0.3) is 0 Å². The second kappa shape index (κ2) is 8.69. The molecule has 0 saturated carbocycles. The van der Waals surface area contributed by atoms with E-state index < -0.39 is 0 Å². The Morgan fingerprint density at radius 1 is 1.21 bits per heavy atom. The number of methoxy groups -OCH3 is 1. The fraction of sp³-hybridized carbons (Fsp3) is 0.429. The highest BCUT2D eigenvalue weighted by molar-refractivity contribution is 6.30. The third-order valence-electron chi connectivity index (χ3n) is 5.18. The van der Waals surface area contributed by atoms with Crippen molar-refractivity contribution in [3.63, 3.8) is 0 Å². The minimum absolute atomic E-state index is 0.131. The number of rotatable bonds is 4. The zero-order valence-corrected chi connectivity index (χ0v) is 17.6. The quantitative estimate of drug-likeness (QED) is 0.829. The molecular weight excluding hydrogens is 376 g/mol. The third kappa shape index (κ3) is 4.33. The Kier molecular flexibility index (Phi) is 6.29. The number of carbonyl (C=O) groups excluding carboxylic acids is 1. The summed E-state index contributed by atoms with van der Waals surface area (Å²) in [4.78, 5) is 21.3. The van der Waals surface area contributed by atoms with Crippen molar-refractivity contribution < 1.29 is 9.53 Å². The topological polar surface area (TPSA) is 57.7 Å². The van der Waals surface area contributed by atoms with Crippen LogP contribution in [-0.4, -0.2) is 49.2 Å². The first kappa shape index (κ1) is 20.3. The zero-order valence-electron chi connectivity index (χ0n) is 16.9. The minimum atomic E-state index is -0.131. The first-order valence-electron chi connectivity index (χ1n) is 9.54. The highest BCUT2D eigenvalue weighted by atomic mass is 35.5. The third-order valence-corrected chi connectivity index (χ3v) is 5.41. The fourth-order valence-electron chi connectivity index (χ4n) is 3.50. The molecule has 6 nitrogen and oxygen atoms in total. The second-order valence-corrected chi connectivity index (χ2v) is 7.41. The molecule has 7 heteroatoms. The number of urea groups is 1. The number of benzene rings is 1. The standard InChI is InChI=1S/C21H27ClN4O2/c1-5-16-12-18(20(28-4)23-15(16)3)24-21(27)26-10-8-25(9-11-26)19-13-17(22)7-6-14(19)2/h6-7,12-13H,5,8-11H2,1-4H3,(H,24,27). The van der Waals surface area contributed by atoms with E-state index >= 15 is 0 Å². The van der Waals surface area contributed by atoms with Crippen LogP contribution in [0.4, 0.5) is 16.2 Å². The Hall–Kier alpha value is -2.47. The van der Waals surface area contributed by atoms with E-state index in [0.717, 1.165) is 41.5 Å². The van der Waals surface area contributed by atoms with E-state index in [1.807, 2.05) is 36.1 Å². The van der Waals surface area contributed by atoms with Gasteiger partial charge < -0.3 is 19.9 Å². The maximum Gasteiger partial charge on any atom is 0.322 e. The Morgan fingerprint density at radius 3 is 2.57 bits per heavy atom. The lowest BCUT2D eigenvalue weighted by Gasteiger charge is -2.36. The smallest absolute Gasteiger partial charge is 0.322 e. The predicted octanol–water partition coefficient (Wildman–Crippen LogP) is 4.28. The van der Waals surface area contributed by atoms with Crippen LogP contribution in [0.1, 0.15) is 23.7 Å². The molecule has 2 amide bonds. The van der Waals surface area contributed by atoms with Crippen LogP contribution in [0, 0.1) is 13.8 Å². The molecule has 28 heavy (non-hydrogen) atoms. The van der Waals surface area contributed by atoms with Gasteiger partial charge in [-0.1, -0.05) is 24.6 Å². The number of hydrogen-bond donors (Lipinski definition) is 1. The number of ether oxygens (including phenoxy) is 1. The van der Waals surface area contributed by atoms with Gasteiger partial charge >= 0.3 is 6.03 Å². The lowest BCUT2D eigenvalue weighted by molar-refractivity contribution is 0.208. The highest BCUT2D eigenvalue weighted by Gasteiger charge is 2.23. The van der Waals surface area contributed by atoms with E-state index in [9.17, 15) is 4.79 Å². The van der Waals surface area contributed by atoms with Gasteiger partial charge in [0.2, 0.25) is 5.88 Å². The number of halogens is 1. The van der Waals surface area contributed by atoms with Gasteiger partial charge in [0.1, 0.15) is 5.69 Å². The second-order valence-electron chi connectivity index (χ2n) is 6.98. The van der Waals surface area contributed by atoms with Crippen LogP contribution in [0.2, 0.25) is 5.02 Å². The molecule has 1 aromatic carbocycles. The number of hydrogen-bond acceptors (Lipinski definition) is 4. The average molecular weight is 403 g/mol. The van der Waals surface area contributed by atoms with Crippen molar-refractivity contribution in [1.29, 1.82) is 0 Å². The molecule has 2 heterocycles. The summed E-state index contributed by atoms with van der Waals surface area (Å²) in [6, 6.07) is 7.73. The Labute approximate surface area is 171 Å². The van der Waals surface area contributed by atoms with Gasteiger partial charge in [0.05, 0.1) is 7.11 Å². The number of aryl methyl sites for hydroxylation is 3. The largest absolute Gasteiger partial charge is 0.480 e. The Bertz CT molecular complexity index is 864. The first-order chi connectivity index (χ1) is 13.4. The highest BCUT2D eigenvalue weighted by Crippen LogP contribution is 2.27. The van der Waals surface area contributed by atoms with Crippen molar-refractivity contribution in [3.05, 3.63) is 46.1 Å². The lowest BCUT2D eigenvalue weighted by Crippen LogP contribution is -2.50. The van der Waals surface area contributed by atoms with Crippen molar-refractivity contribution in [3.8, 4) is 5.88 Å². The summed E-state index contributed by atoms with van der Waals surface area (Å²) < 4.78 is 5.35. The van der Waals surface area contributed by atoms with Crippen molar-refractivity contribution in [2.45, 2.75) is 27.2 Å². The Balaban J connectivity index is 1.67. The van der Waals surface area contributed by atoms with E-state index in [0.29, 0.717) is 24.7 Å². The maximum atomic E-state index is 12.8. The molecule has 1 N–H and O–H groups in total. The molecular formula is C21H27ClN4O2. The summed E-state index contributed by atoms with van der Waals surface area (Å²) in [6.07, 6.45) is 0.851. The van der Waals surface area contributed by atoms with Gasteiger partial charge in [0, 0.05) is 42.6 Å². The number of nitrogens with one attached hydrogen (secondary N) is 1. The molecule has 0 spiro atoms. The summed E-state index contributed by atoms with van der Waals surface area (Å²) in [5.74, 6) is 0.441. The van der Waals surface area contributed by atoms with Gasteiger partial charge in [-0.15, -0.1) is 0 Å². The summed E-state index contributed by atoms with van der Waals surface area (Å²) >= 11 is 6.15. The average Bonchev–Trinajstić information content (AvgIpc) is 2.70. The number of carbonyl (C=O) groups is 1. The SMILES string of the molecule is CCc1cc(NC(=O)N2CCN(c3cc(Cl)ccc3C)CC2)c(OC)nc1C. The number of aromatic nitrogens is 1. The van der Waals surface area contributed by atoms with E-state index in [1.54, 1.807) is 7.11 Å². The van der Waals surface area contributed by atoms with Crippen molar-refractivity contribution in [2.75, 3.05) is 43.5 Å². The number of amides is 2. The van der Waals surface area contributed by atoms with Crippen LogP contribution in [0.15, 0.2) is 24.3 Å². The van der Waals surface area contributed by atoms with Gasteiger partial charge in [-0.25, -0.2) is 9.78 Å². The van der Waals surface area contributed by atoms with E-state index in [4.69, 9.17) is 16.3 Å². The van der Waals surface area contributed by atoms with Crippen LogP contribution in [0.25, 0.3) is 0 Å². The van der Waals surface area contributed by atoms with Crippen LogP contribution < -0.4 is 15.0 Å². The molecule has 0 atom stereocenters. The lowest BCUT2D eigenvalue weighted by atomic mass is 10.1. The summed E-state index contributed by atoms with van der Waals surface area (Å²) in [5, 5.41) is 3.70. The molecule has 150 valence electrons. The summed E-state index contributed by atoms with van der Waals surface area (Å²) in [6.45, 7) is 8.89. The van der Waals surface area contributed by atoms with Crippen LogP contribution >= 0.6 is 11.6 Å². The van der Waals surface area contributed by atoms with Crippen molar-refractivity contribution in [1.82, 2.24) is 9.88 Å². The van der Waals surface area contributed by atoms with Crippen LogP contribution in [0.3, 0.4) is 0 Å². The van der Waals surface area contributed by atoms with Gasteiger partial charge in [-0.05, 0) is 49.6 Å². The van der Waals surface area contributed by atoms with Gasteiger partial charge in [-0.2, -0.15) is 0 Å².